The molecule has 0 radical (unpaired) electrons. The molecule has 0 aliphatic heterocycles. The summed E-state index contributed by atoms with van der Waals surface area (Å²) in [5, 5.41) is 11.8. The Kier molecular flexibility index (Phi) is 6.81. The van der Waals surface area contributed by atoms with Gasteiger partial charge >= 0.3 is 123 Å². The van der Waals surface area contributed by atoms with Gasteiger partial charge in [-0.05, 0) is 0 Å². The number of aliphatic hydroxyl groups excluding tert-OH is 1. The van der Waals surface area contributed by atoms with Crippen molar-refractivity contribution in [3.05, 3.63) is 29.8 Å². The van der Waals surface area contributed by atoms with Crippen molar-refractivity contribution >= 4 is 29.2 Å². The molecule has 1 rings (SSSR count). The van der Waals surface area contributed by atoms with Gasteiger partial charge in [-0.25, -0.2) is 0 Å². The molecule has 0 saturated heterocycles. The predicted molar refractivity (Wildman–Crippen MR) is 73.8 cm³/mol. The fourth-order valence-corrected chi connectivity index (χ4v) is 4.50. The molecular weight excluding hydrogens is 378 g/mol. The number of halogens is 3. The van der Waals surface area contributed by atoms with Crippen molar-refractivity contribution in [2.24, 2.45) is 0 Å². The van der Waals surface area contributed by atoms with Gasteiger partial charge in [0.2, 0.25) is 0 Å². The normalized spacial score (nSPS) is 14.4. The molecule has 20 heavy (non-hydrogen) atoms. The SMILES string of the molecule is [CH3][SnH]([CH3])[c]1ccc([C@@H](O)[C@@H](CF)NC(=O)C(F)F)cc1. The molecule has 1 aromatic rings. The molecule has 0 aliphatic carbocycles. The molecule has 7 heteroatoms. The Morgan fingerprint density at radius 2 is 1.85 bits per heavy atom. The van der Waals surface area contributed by atoms with E-state index < -0.39 is 50.9 Å². The van der Waals surface area contributed by atoms with Crippen molar-refractivity contribution in [1.82, 2.24) is 5.32 Å². The minimum absolute atomic E-state index is 0.401. The summed E-state index contributed by atoms with van der Waals surface area (Å²) in [5.41, 5.74) is 0.401. The van der Waals surface area contributed by atoms with Gasteiger partial charge in [-0.1, -0.05) is 0 Å². The maximum atomic E-state index is 12.8. The first-order valence-electron chi connectivity index (χ1n) is 6.29. The molecule has 1 amide bonds. The van der Waals surface area contributed by atoms with Crippen molar-refractivity contribution in [3.63, 3.8) is 0 Å². The van der Waals surface area contributed by atoms with Crippen LogP contribution in [0.4, 0.5) is 13.2 Å². The summed E-state index contributed by atoms with van der Waals surface area (Å²) in [6.07, 6.45) is -4.58. The summed E-state index contributed by atoms with van der Waals surface area (Å²) in [5.74, 6) is -1.58. The first-order chi connectivity index (χ1) is 9.36. The number of aliphatic hydroxyl groups is 1. The van der Waals surface area contributed by atoms with Gasteiger partial charge in [0.1, 0.15) is 0 Å². The topological polar surface area (TPSA) is 49.3 Å². The Balaban J connectivity index is 2.80. The molecular formula is C13H18F3NO2Sn. The molecule has 2 N–H and O–H groups in total. The number of hydrogen-bond donors (Lipinski definition) is 2. The van der Waals surface area contributed by atoms with E-state index in [0.29, 0.717) is 5.56 Å². The molecule has 2 atom stereocenters. The number of nitrogens with one attached hydrogen (secondary N) is 1. The third-order valence-electron chi connectivity index (χ3n) is 3.02. The summed E-state index contributed by atoms with van der Waals surface area (Å²) < 4.78 is 38.3. The van der Waals surface area contributed by atoms with Crippen molar-refractivity contribution in [2.75, 3.05) is 6.67 Å². The number of carbonyl (C=O) groups excluding carboxylic acids is 1. The second kappa shape index (κ2) is 7.87. The summed E-state index contributed by atoms with van der Waals surface area (Å²) in [6.45, 7) is -1.12. The van der Waals surface area contributed by atoms with Crippen LogP contribution in [-0.2, 0) is 4.79 Å². The molecule has 0 aliphatic rings. The molecule has 0 unspecified atom stereocenters. The Labute approximate surface area is 122 Å². The van der Waals surface area contributed by atoms with Crippen molar-refractivity contribution in [2.45, 2.75) is 28.5 Å². The van der Waals surface area contributed by atoms with Gasteiger partial charge in [0, 0.05) is 0 Å². The fraction of sp³-hybridized carbons (Fsp3) is 0.462. The van der Waals surface area contributed by atoms with E-state index in [1.165, 1.54) is 3.58 Å². The Bertz CT molecular complexity index is 440. The maximum absolute atomic E-state index is 12.8. The van der Waals surface area contributed by atoms with Gasteiger partial charge in [0.25, 0.3) is 0 Å². The predicted octanol–water partition coefficient (Wildman–Crippen LogP) is 1.13. The third kappa shape index (κ3) is 4.66. The standard InChI is InChI=1S/C11H11F3NO2.2CH3.Sn.H/c12-6-8(15-11(17)10(13)14)9(16)7-4-2-1-3-5-7;;;;/h2-5,8-10,16H,6H2,(H,15,17);2*1H3;;/t8-,9-;;;;/m1..../s1. The van der Waals surface area contributed by atoms with Gasteiger partial charge in [0.15, 0.2) is 0 Å². The first kappa shape index (κ1) is 17.3. The zero-order chi connectivity index (χ0) is 15.3. The number of hydrogen-bond acceptors (Lipinski definition) is 2. The molecule has 1 aromatic carbocycles. The number of rotatable bonds is 6. The number of benzene rings is 1. The van der Waals surface area contributed by atoms with E-state index in [-0.39, 0.29) is 0 Å². The van der Waals surface area contributed by atoms with Gasteiger partial charge in [-0.3, -0.25) is 0 Å². The van der Waals surface area contributed by atoms with Crippen LogP contribution in [0.3, 0.4) is 0 Å². The van der Waals surface area contributed by atoms with E-state index in [1.807, 2.05) is 12.1 Å². The monoisotopic (exact) mass is 397 g/mol. The second-order valence-corrected chi connectivity index (χ2v) is 13.3. The fourth-order valence-electron chi connectivity index (χ4n) is 1.76. The Morgan fingerprint density at radius 3 is 2.25 bits per heavy atom. The van der Waals surface area contributed by atoms with Gasteiger partial charge in [0.05, 0.1) is 0 Å². The molecule has 0 spiro atoms. The third-order valence-corrected chi connectivity index (χ3v) is 7.92. The van der Waals surface area contributed by atoms with E-state index in [4.69, 9.17) is 0 Å². The van der Waals surface area contributed by atoms with E-state index >= 15 is 0 Å². The number of alkyl halides is 3. The summed E-state index contributed by atoms with van der Waals surface area (Å²) in [6, 6.07) is 5.65. The Morgan fingerprint density at radius 1 is 1.30 bits per heavy atom. The van der Waals surface area contributed by atoms with Crippen LogP contribution in [0, 0.1) is 0 Å². The average molecular weight is 396 g/mol. The Hall–Kier alpha value is -0.761. The molecule has 0 bridgehead atoms. The van der Waals surface area contributed by atoms with E-state index in [9.17, 15) is 23.1 Å². The molecule has 0 saturated carbocycles. The van der Waals surface area contributed by atoms with Crippen LogP contribution in [0.25, 0.3) is 0 Å². The number of carbonyl (C=O) groups is 1. The molecule has 0 fully saturated rings. The zero-order valence-corrected chi connectivity index (χ0v) is 14.6. The van der Waals surface area contributed by atoms with Crippen LogP contribution < -0.4 is 8.90 Å². The summed E-state index contributed by atoms with van der Waals surface area (Å²) in [4.78, 5) is 15.3. The van der Waals surface area contributed by atoms with Crippen LogP contribution in [-0.4, -0.2) is 49.9 Å². The molecule has 112 valence electrons. The molecule has 3 nitrogen and oxygen atoms in total. The van der Waals surface area contributed by atoms with E-state index in [1.54, 1.807) is 17.4 Å². The van der Waals surface area contributed by atoms with Crippen LogP contribution in [0.15, 0.2) is 24.3 Å². The molecule has 0 aromatic heterocycles. The summed E-state index contributed by atoms with van der Waals surface area (Å²) >= 11 is -1.63. The minimum atomic E-state index is -3.23. The molecule has 0 heterocycles. The zero-order valence-electron chi connectivity index (χ0n) is 11.3. The van der Waals surface area contributed by atoms with Crippen LogP contribution in [0.5, 0.6) is 0 Å². The van der Waals surface area contributed by atoms with Gasteiger partial charge in [-0.2, -0.15) is 0 Å². The number of amides is 1. The van der Waals surface area contributed by atoms with E-state index in [0.717, 1.165) is 0 Å². The van der Waals surface area contributed by atoms with Crippen molar-refractivity contribution in [1.29, 1.82) is 0 Å². The van der Waals surface area contributed by atoms with Gasteiger partial charge in [-0.15, -0.1) is 0 Å². The summed E-state index contributed by atoms with van der Waals surface area (Å²) in [7, 11) is 0. The second-order valence-electron chi connectivity index (χ2n) is 4.84. The van der Waals surface area contributed by atoms with E-state index in [2.05, 4.69) is 9.88 Å². The van der Waals surface area contributed by atoms with Crippen LogP contribution in [0.2, 0.25) is 9.88 Å². The first-order valence-corrected chi connectivity index (χ1v) is 14.5. The van der Waals surface area contributed by atoms with Crippen molar-refractivity contribution < 1.29 is 23.1 Å². The average Bonchev–Trinajstić information content (AvgIpc) is 2.43. The van der Waals surface area contributed by atoms with Gasteiger partial charge < -0.3 is 0 Å². The van der Waals surface area contributed by atoms with Crippen molar-refractivity contribution in [3.8, 4) is 0 Å². The quantitative estimate of drug-likeness (QED) is 0.709. The van der Waals surface area contributed by atoms with Crippen LogP contribution >= 0.6 is 0 Å². The van der Waals surface area contributed by atoms with Crippen LogP contribution in [0.1, 0.15) is 11.7 Å².